The van der Waals surface area contributed by atoms with Crippen LogP contribution >= 0.6 is 0 Å². The number of nitrogens with zero attached hydrogens (tertiary/aromatic N) is 2. The average molecular weight is 302 g/mol. The third-order valence-corrected chi connectivity index (χ3v) is 3.41. The van der Waals surface area contributed by atoms with Crippen LogP contribution in [-0.4, -0.2) is 76.5 Å². The molecule has 1 unspecified atom stereocenters. The van der Waals surface area contributed by atoms with E-state index in [0.29, 0.717) is 26.2 Å². The van der Waals surface area contributed by atoms with E-state index in [2.05, 4.69) is 0 Å². The third-order valence-electron chi connectivity index (χ3n) is 3.41. The largest absolute Gasteiger partial charge is 0.480 e. The van der Waals surface area contributed by atoms with Gasteiger partial charge in [-0.15, -0.1) is 0 Å². The number of hydrogen-bond acceptors (Lipinski definition) is 5. The summed E-state index contributed by atoms with van der Waals surface area (Å²) >= 11 is 0. The standard InChI is InChI=1S/C14H26N2O5/c1-4-15(10-13(18)19)8-9-16(5-2)12(14(20)21)7-6-11(3)17/h12H,4-10H2,1-3H3,(H,18,19)(H,20,21). The van der Waals surface area contributed by atoms with Crippen LogP contribution in [-0.2, 0) is 14.4 Å². The Morgan fingerprint density at radius 3 is 2.05 bits per heavy atom. The lowest BCUT2D eigenvalue weighted by atomic mass is 10.1. The van der Waals surface area contributed by atoms with Crippen molar-refractivity contribution in [3.8, 4) is 0 Å². The number of carboxylic acids is 2. The second-order valence-electron chi connectivity index (χ2n) is 4.99. The van der Waals surface area contributed by atoms with Crippen LogP contribution in [0.3, 0.4) is 0 Å². The first-order chi connectivity index (χ1) is 9.81. The maximum Gasteiger partial charge on any atom is 0.320 e. The van der Waals surface area contributed by atoms with Crippen molar-refractivity contribution in [1.29, 1.82) is 0 Å². The molecule has 0 saturated carbocycles. The highest BCUT2D eigenvalue weighted by molar-refractivity contribution is 5.78. The second-order valence-corrected chi connectivity index (χ2v) is 4.99. The number of carboxylic acid groups (broad SMARTS) is 2. The second kappa shape index (κ2) is 10.3. The van der Waals surface area contributed by atoms with Crippen LogP contribution in [0.15, 0.2) is 0 Å². The van der Waals surface area contributed by atoms with Gasteiger partial charge >= 0.3 is 11.9 Å². The zero-order valence-corrected chi connectivity index (χ0v) is 13.0. The van der Waals surface area contributed by atoms with E-state index in [0.717, 1.165) is 0 Å². The molecular weight excluding hydrogens is 276 g/mol. The van der Waals surface area contributed by atoms with Gasteiger partial charge in [0, 0.05) is 19.5 Å². The molecule has 0 aliphatic carbocycles. The Morgan fingerprint density at radius 2 is 1.67 bits per heavy atom. The number of ketones is 1. The Bertz CT molecular complexity index is 359. The fourth-order valence-corrected chi connectivity index (χ4v) is 2.15. The molecule has 0 rings (SSSR count). The Balaban J connectivity index is 4.58. The SMILES string of the molecule is CCN(CCN(CC)C(CCC(C)=O)C(=O)O)CC(=O)O. The number of hydrogen-bond donors (Lipinski definition) is 2. The molecule has 0 bridgehead atoms. The van der Waals surface area contributed by atoms with Crippen LogP contribution in [0.25, 0.3) is 0 Å². The molecule has 122 valence electrons. The minimum absolute atomic E-state index is 0.0293. The fourth-order valence-electron chi connectivity index (χ4n) is 2.15. The van der Waals surface area contributed by atoms with Crippen molar-refractivity contribution in [1.82, 2.24) is 9.80 Å². The van der Waals surface area contributed by atoms with E-state index in [9.17, 15) is 19.5 Å². The van der Waals surface area contributed by atoms with Gasteiger partial charge in [-0.25, -0.2) is 0 Å². The van der Waals surface area contributed by atoms with Gasteiger partial charge in [-0.1, -0.05) is 13.8 Å². The molecule has 0 amide bonds. The summed E-state index contributed by atoms with van der Waals surface area (Å²) in [5.74, 6) is -1.87. The first-order valence-corrected chi connectivity index (χ1v) is 7.22. The summed E-state index contributed by atoms with van der Waals surface area (Å²) < 4.78 is 0. The minimum atomic E-state index is -0.945. The molecule has 0 aromatic carbocycles. The van der Waals surface area contributed by atoms with Gasteiger partial charge in [-0.05, 0) is 26.4 Å². The van der Waals surface area contributed by atoms with Crippen molar-refractivity contribution >= 4 is 17.7 Å². The highest BCUT2D eigenvalue weighted by Gasteiger charge is 2.25. The molecule has 0 aliphatic heterocycles. The Morgan fingerprint density at radius 1 is 1.05 bits per heavy atom. The molecule has 2 N–H and O–H groups in total. The van der Waals surface area contributed by atoms with E-state index < -0.39 is 18.0 Å². The van der Waals surface area contributed by atoms with Crippen molar-refractivity contribution in [2.24, 2.45) is 0 Å². The molecule has 1 atom stereocenters. The van der Waals surface area contributed by atoms with Gasteiger partial charge in [0.05, 0.1) is 6.54 Å². The highest BCUT2D eigenvalue weighted by atomic mass is 16.4. The Kier molecular flexibility index (Phi) is 9.56. The molecular formula is C14H26N2O5. The summed E-state index contributed by atoms with van der Waals surface area (Å²) in [6.45, 7) is 7.20. The zero-order chi connectivity index (χ0) is 16.4. The van der Waals surface area contributed by atoms with Gasteiger partial charge in [0.1, 0.15) is 11.8 Å². The molecule has 0 aromatic rings. The summed E-state index contributed by atoms with van der Waals surface area (Å²) in [6, 6.07) is -0.706. The van der Waals surface area contributed by atoms with E-state index in [4.69, 9.17) is 5.11 Å². The molecule has 0 aliphatic rings. The van der Waals surface area contributed by atoms with Crippen LogP contribution in [0.2, 0.25) is 0 Å². The topological polar surface area (TPSA) is 98.2 Å². The van der Waals surface area contributed by atoms with E-state index >= 15 is 0 Å². The highest BCUT2D eigenvalue weighted by Crippen LogP contribution is 2.08. The maximum atomic E-state index is 11.3. The van der Waals surface area contributed by atoms with E-state index in [1.54, 1.807) is 9.80 Å². The predicted molar refractivity (Wildman–Crippen MR) is 78.3 cm³/mol. The molecule has 0 spiro atoms. The van der Waals surface area contributed by atoms with Crippen LogP contribution < -0.4 is 0 Å². The predicted octanol–water partition coefficient (Wildman–Crippen LogP) is 0.537. The molecule has 0 fully saturated rings. The van der Waals surface area contributed by atoms with Gasteiger partial charge in [0.2, 0.25) is 0 Å². The van der Waals surface area contributed by atoms with Gasteiger partial charge in [-0.3, -0.25) is 19.4 Å². The summed E-state index contributed by atoms with van der Waals surface area (Å²) in [4.78, 5) is 36.6. The quantitative estimate of drug-likeness (QED) is 0.543. The average Bonchev–Trinajstić information content (AvgIpc) is 2.39. The molecule has 7 nitrogen and oxygen atoms in total. The first kappa shape index (κ1) is 19.5. The molecule has 0 heterocycles. The van der Waals surface area contributed by atoms with E-state index in [-0.39, 0.29) is 25.2 Å². The molecule has 0 saturated heterocycles. The van der Waals surface area contributed by atoms with Crippen molar-refractivity contribution in [3.05, 3.63) is 0 Å². The van der Waals surface area contributed by atoms with Crippen LogP contribution in [0, 0.1) is 0 Å². The van der Waals surface area contributed by atoms with Crippen LogP contribution in [0.4, 0.5) is 0 Å². The van der Waals surface area contributed by atoms with Crippen molar-refractivity contribution in [2.45, 2.75) is 39.7 Å². The molecule has 0 aromatic heterocycles. The van der Waals surface area contributed by atoms with Gasteiger partial charge < -0.3 is 15.0 Å². The van der Waals surface area contributed by atoms with Crippen LogP contribution in [0.1, 0.15) is 33.6 Å². The number of carbonyl (C=O) groups is 3. The van der Waals surface area contributed by atoms with Crippen molar-refractivity contribution in [3.63, 3.8) is 0 Å². The van der Waals surface area contributed by atoms with Crippen molar-refractivity contribution in [2.75, 3.05) is 32.7 Å². The number of rotatable bonds is 12. The lowest BCUT2D eigenvalue weighted by molar-refractivity contribution is -0.144. The minimum Gasteiger partial charge on any atom is -0.480 e. The lowest BCUT2D eigenvalue weighted by Crippen LogP contribution is -2.45. The smallest absolute Gasteiger partial charge is 0.320 e. The number of Topliss-reactive ketones (excluding diaryl/α,β-unsaturated/α-hetero) is 1. The summed E-state index contributed by atoms with van der Waals surface area (Å²) in [6.07, 6.45) is 0.518. The van der Waals surface area contributed by atoms with Crippen LogP contribution in [0.5, 0.6) is 0 Å². The van der Waals surface area contributed by atoms with Gasteiger partial charge in [0.25, 0.3) is 0 Å². The normalized spacial score (nSPS) is 12.6. The fraction of sp³-hybridized carbons (Fsp3) is 0.786. The van der Waals surface area contributed by atoms with Gasteiger partial charge in [0.15, 0.2) is 0 Å². The number of aliphatic carboxylic acids is 2. The molecule has 0 radical (unpaired) electrons. The Labute approximate surface area is 125 Å². The van der Waals surface area contributed by atoms with Gasteiger partial charge in [-0.2, -0.15) is 0 Å². The molecule has 21 heavy (non-hydrogen) atoms. The first-order valence-electron chi connectivity index (χ1n) is 7.22. The molecule has 7 heteroatoms. The number of likely N-dealkylation sites (N-methyl/N-ethyl adjacent to an activating group) is 2. The zero-order valence-electron chi connectivity index (χ0n) is 13.0. The summed E-state index contributed by atoms with van der Waals surface area (Å²) in [5.41, 5.74) is 0. The van der Waals surface area contributed by atoms with Crippen molar-refractivity contribution < 1.29 is 24.6 Å². The lowest BCUT2D eigenvalue weighted by Gasteiger charge is -2.29. The summed E-state index contributed by atoms with van der Waals surface area (Å²) in [5, 5.41) is 18.1. The van der Waals surface area contributed by atoms with E-state index in [1.165, 1.54) is 6.92 Å². The Hall–Kier alpha value is -1.47. The summed E-state index contributed by atoms with van der Waals surface area (Å²) in [7, 11) is 0. The third kappa shape index (κ3) is 8.41. The number of carbonyl (C=O) groups excluding carboxylic acids is 1. The monoisotopic (exact) mass is 302 g/mol. The van der Waals surface area contributed by atoms with E-state index in [1.807, 2.05) is 13.8 Å². The maximum absolute atomic E-state index is 11.3.